The van der Waals surface area contributed by atoms with Gasteiger partial charge in [0.25, 0.3) is 0 Å². The van der Waals surface area contributed by atoms with Crippen molar-refractivity contribution in [1.82, 2.24) is 5.32 Å². The molecule has 0 aliphatic heterocycles. The second-order valence-electron chi connectivity index (χ2n) is 4.88. The van der Waals surface area contributed by atoms with Crippen LogP contribution in [0.1, 0.15) is 39.5 Å². The van der Waals surface area contributed by atoms with E-state index in [1.54, 1.807) is 12.1 Å². The maximum atomic E-state index is 12.7. The van der Waals surface area contributed by atoms with E-state index in [9.17, 15) is 9.65 Å². The van der Waals surface area contributed by atoms with Gasteiger partial charge in [0.2, 0.25) is 0 Å². The van der Waals surface area contributed by atoms with Crippen LogP contribution in [0.5, 0.6) is 5.75 Å². The van der Waals surface area contributed by atoms with Crippen molar-refractivity contribution >= 4 is 0 Å². The molecular weight excluding hydrogens is 255 g/mol. The smallest absolute Gasteiger partial charge is 0.123 e. The molecule has 0 aromatic heterocycles. The number of nitrogens with zero attached hydrogens (tertiary/aromatic N) is 1. The fourth-order valence-electron chi connectivity index (χ4n) is 2.02. The van der Waals surface area contributed by atoms with Crippen molar-refractivity contribution in [2.45, 2.75) is 45.1 Å². The molecule has 0 radical (unpaired) electrons. The molecule has 110 valence electrons. The topological polar surface area (TPSA) is 45.0 Å². The first-order valence-electron chi connectivity index (χ1n) is 7.20. The molecule has 0 amide bonds. The Labute approximate surface area is 120 Å². The van der Waals surface area contributed by atoms with Gasteiger partial charge in [-0.15, -0.1) is 0 Å². The molecule has 0 saturated carbocycles. The van der Waals surface area contributed by atoms with Crippen molar-refractivity contribution in [3.63, 3.8) is 0 Å². The summed E-state index contributed by atoms with van der Waals surface area (Å²) in [4.78, 5) is 0. The van der Waals surface area contributed by atoms with Gasteiger partial charge in [-0.05, 0) is 56.5 Å². The van der Waals surface area contributed by atoms with E-state index in [2.05, 4.69) is 18.3 Å². The molecule has 4 heteroatoms. The van der Waals surface area contributed by atoms with Crippen molar-refractivity contribution in [2.75, 3.05) is 13.2 Å². The minimum Gasteiger partial charge on any atom is -0.494 e. The van der Waals surface area contributed by atoms with Gasteiger partial charge in [-0.3, -0.25) is 5.32 Å². The lowest BCUT2D eigenvalue weighted by molar-refractivity contribution is 0.276. The fraction of sp³-hybridized carbons (Fsp3) is 0.562. The van der Waals surface area contributed by atoms with Crippen LogP contribution in [-0.4, -0.2) is 18.7 Å². The Morgan fingerprint density at radius 3 is 2.55 bits per heavy atom. The van der Waals surface area contributed by atoms with Crippen LogP contribution in [0.2, 0.25) is 0 Å². The molecule has 0 spiro atoms. The summed E-state index contributed by atoms with van der Waals surface area (Å²) in [5.74, 6) is 0.391. The SMILES string of the molecule is CCCNC(C#N)(CC)CCCOc1ccc(F)cc1. The normalized spacial score (nSPS) is 13.5. The van der Waals surface area contributed by atoms with E-state index in [1.807, 2.05) is 6.92 Å². The van der Waals surface area contributed by atoms with Crippen LogP contribution >= 0.6 is 0 Å². The van der Waals surface area contributed by atoms with E-state index in [-0.39, 0.29) is 5.82 Å². The largest absolute Gasteiger partial charge is 0.494 e. The predicted octanol–water partition coefficient (Wildman–Crippen LogP) is 3.66. The Balaban J connectivity index is 2.37. The predicted molar refractivity (Wildman–Crippen MR) is 78.1 cm³/mol. The van der Waals surface area contributed by atoms with Gasteiger partial charge in [-0.2, -0.15) is 5.26 Å². The summed E-state index contributed by atoms with van der Waals surface area (Å²) < 4.78 is 18.3. The standard InChI is InChI=1S/C16H23FN2O/c1-3-11-19-16(4-2,13-18)10-5-12-20-15-8-6-14(17)7-9-15/h6-9,19H,3-5,10-12H2,1-2H3. The van der Waals surface area contributed by atoms with Crippen molar-refractivity contribution < 1.29 is 9.13 Å². The van der Waals surface area contributed by atoms with Crippen molar-refractivity contribution in [2.24, 2.45) is 0 Å². The zero-order valence-electron chi connectivity index (χ0n) is 12.3. The van der Waals surface area contributed by atoms with Gasteiger partial charge >= 0.3 is 0 Å². The van der Waals surface area contributed by atoms with Crippen LogP contribution in [0.15, 0.2) is 24.3 Å². The van der Waals surface area contributed by atoms with Gasteiger partial charge in [0.15, 0.2) is 0 Å². The number of hydrogen-bond acceptors (Lipinski definition) is 3. The molecule has 0 bridgehead atoms. The van der Waals surface area contributed by atoms with Crippen LogP contribution in [0.3, 0.4) is 0 Å². The summed E-state index contributed by atoms with van der Waals surface area (Å²) in [5, 5.41) is 12.7. The highest BCUT2D eigenvalue weighted by atomic mass is 19.1. The molecule has 0 saturated heterocycles. The lowest BCUT2D eigenvalue weighted by atomic mass is 9.92. The Kier molecular flexibility index (Phi) is 7.03. The molecule has 1 N–H and O–H groups in total. The molecular formula is C16H23FN2O. The number of hydrogen-bond donors (Lipinski definition) is 1. The van der Waals surface area contributed by atoms with E-state index in [4.69, 9.17) is 4.74 Å². The van der Waals surface area contributed by atoms with E-state index in [0.29, 0.717) is 12.4 Å². The second kappa shape index (κ2) is 8.55. The van der Waals surface area contributed by atoms with Crippen LogP contribution < -0.4 is 10.1 Å². The molecule has 1 unspecified atom stereocenters. The van der Waals surface area contributed by atoms with Gasteiger partial charge in [0.05, 0.1) is 12.7 Å². The van der Waals surface area contributed by atoms with Crippen LogP contribution in [0, 0.1) is 17.1 Å². The van der Waals surface area contributed by atoms with Gasteiger partial charge in [-0.25, -0.2) is 4.39 Å². The summed E-state index contributed by atoms with van der Waals surface area (Å²) in [5.41, 5.74) is -0.456. The van der Waals surface area contributed by atoms with E-state index in [0.717, 1.165) is 32.2 Å². The van der Waals surface area contributed by atoms with Crippen molar-refractivity contribution in [3.8, 4) is 11.8 Å². The number of nitrogens with one attached hydrogen (secondary N) is 1. The Morgan fingerprint density at radius 2 is 2.00 bits per heavy atom. The molecule has 0 aliphatic rings. The molecule has 0 heterocycles. The van der Waals surface area contributed by atoms with Crippen molar-refractivity contribution in [1.29, 1.82) is 5.26 Å². The number of ether oxygens (including phenoxy) is 1. The first-order valence-corrected chi connectivity index (χ1v) is 7.20. The third-order valence-electron chi connectivity index (χ3n) is 3.36. The van der Waals surface area contributed by atoms with Gasteiger partial charge in [0.1, 0.15) is 17.1 Å². The number of benzene rings is 1. The average Bonchev–Trinajstić information content (AvgIpc) is 2.49. The summed E-state index contributed by atoms with van der Waals surface area (Å²) in [6.07, 6.45) is 3.33. The minimum absolute atomic E-state index is 0.268. The van der Waals surface area contributed by atoms with E-state index >= 15 is 0 Å². The molecule has 1 aromatic carbocycles. The molecule has 3 nitrogen and oxygen atoms in total. The zero-order valence-corrected chi connectivity index (χ0v) is 12.3. The Hall–Kier alpha value is -1.60. The summed E-state index contributed by atoms with van der Waals surface area (Å²) >= 11 is 0. The highest BCUT2D eigenvalue weighted by molar-refractivity contribution is 5.22. The molecule has 0 aliphatic carbocycles. The maximum Gasteiger partial charge on any atom is 0.123 e. The van der Waals surface area contributed by atoms with Gasteiger partial charge < -0.3 is 4.74 Å². The number of nitriles is 1. The van der Waals surface area contributed by atoms with E-state index < -0.39 is 5.54 Å². The molecule has 20 heavy (non-hydrogen) atoms. The summed E-state index contributed by atoms with van der Waals surface area (Å²) in [6, 6.07) is 8.37. The van der Waals surface area contributed by atoms with Gasteiger partial charge in [-0.1, -0.05) is 13.8 Å². The highest BCUT2D eigenvalue weighted by Crippen LogP contribution is 2.18. The van der Waals surface area contributed by atoms with Gasteiger partial charge in [0, 0.05) is 0 Å². The lowest BCUT2D eigenvalue weighted by Gasteiger charge is -2.26. The van der Waals surface area contributed by atoms with Crippen molar-refractivity contribution in [3.05, 3.63) is 30.1 Å². The third-order valence-corrected chi connectivity index (χ3v) is 3.36. The summed E-state index contributed by atoms with van der Waals surface area (Å²) in [7, 11) is 0. The summed E-state index contributed by atoms with van der Waals surface area (Å²) in [6.45, 7) is 5.48. The van der Waals surface area contributed by atoms with Crippen LogP contribution in [0.25, 0.3) is 0 Å². The average molecular weight is 278 g/mol. The van der Waals surface area contributed by atoms with Crippen LogP contribution in [-0.2, 0) is 0 Å². The molecule has 0 fully saturated rings. The third kappa shape index (κ3) is 5.18. The Morgan fingerprint density at radius 1 is 1.30 bits per heavy atom. The van der Waals surface area contributed by atoms with E-state index in [1.165, 1.54) is 12.1 Å². The first-order chi connectivity index (χ1) is 9.65. The maximum absolute atomic E-state index is 12.7. The lowest BCUT2D eigenvalue weighted by Crippen LogP contribution is -2.44. The number of rotatable bonds is 9. The quantitative estimate of drug-likeness (QED) is 0.701. The minimum atomic E-state index is -0.456. The highest BCUT2D eigenvalue weighted by Gasteiger charge is 2.26. The number of halogens is 1. The first kappa shape index (κ1) is 16.5. The zero-order chi connectivity index (χ0) is 14.8. The molecule has 1 rings (SSSR count). The monoisotopic (exact) mass is 278 g/mol. The molecule has 1 atom stereocenters. The van der Waals surface area contributed by atoms with Crippen LogP contribution in [0.4, 0.5) is 4.39 Å². The molecule has 1 aromatic rings. The Bertz CT molecular complexity index is 427. The second-order valence-corrected chi connectivity index (χ2v) is 4.88. The fourth-order valence-corrected chi connectivity index (χ4v) is 2.02.